The number of amides is 2. The van der Waals surface area contributed by atoms with E-state index in [2.05, 4.69) is 10.6 Å². The number of rotatable bonds is 4. The molecule has 0 spiro atoms. The number of carbonyl (C=O) groups is 1. The number of benzene rings is 2. The van der Waals surface area contributed by atoms with Gasteiger partial charge in [0, 0.05) is 18.3 Å². The van der Waals surface area contributed by atoms with Crippen LogP contribution < -0.4 is 16.4 Å². The van der Waals surface area contributed by atoms with Crippen molar-refractivity contribution in [3.63, 3.8) is 0 Å². The Morgan fingerprint density at radius 3 is 2.21 bits per heavy atom. The van der Waals surface area contributed by atoms with Crippen LogP contribution >= 0.6 is 0 Å². The SMILES string of the molecule is NC(CNC(=O)Nc1ccccc1)c1ccccc1. The Kier molecular flexibility index (Phi) is 4.53. The van der Waals surface area contributed by atoms with Crippen LogP contribution in [-0.2, 0) is 0 Å². The Morgan fingerprint density at radius 2 is 1.58 bits per heavy atom. The van der Waals surface area contributed by atoms with Gasteiger partial charge in [-0.2, -0.15) is 0 Å². The molecule has 2 aromatic rings. The van der Waals surface area contributed by atoms with Crippen molar-refractivity contribution in [2.45, 2.75) is 6.04 Å². The van der Waals surface area contributed by atoms with Gasteiger partial charge in [-0.3, -0.25) is 0 Å². The largest absolute Gasteiger partial charge is 0.336 e. The van der Waals surface area contributed by atoms with E-state index in [0.29, 0.717) is 6.54 Å². The molecule has 2 amide bonds. The Labute approximate surface area is 112 Å². The molecule has 4 nitrogen and oxygen atoms in total. The lowest BCUT2D eigenvalue weighted by atomic mass is 10.1. The highest BCUT2D eigenvalue weighted by Crippen LogP contribution is 2.08. The molecule has 0 aromatic heterocycles. The highest BCUT2D eigenvalue weighted by Gasteiger charge is 2.07. The zero-order chi connectivity index (χ0) is 13.5. The smallest absolute Gasteiger partial charge is 0.319 e. The van der Waals surface area contributed by atoms with Crippen LogP contribution in [0.3, 0.4) is 0 Å². The van der Waals surface area contributed by atoms with Gasteiger partial charge in [-0.15, -0.1) is 0 Å². The van der Waals surface area contributed by atoms with Crippen molar-refractivity contribution in [1.82, 2.24) is 5.32 Å². The maximum Gasteiger partial charge on any atom is 0.319 e. The molecule has 1 unspecified atom stereocenters. The van der Waals surface area contributed by atoms with Gasteiger partial charge in [0.1, 0.15) is 0 Å². The van der Waals surface area contributed by atoms with Crippen molar-refractivity contribution in [3.8, 4) is 0 Å². The molecule has 1 atom stereocenters. The first kappa shape index (κ1) is 13.1. The molecular weight excluding hydrogens is 238 g/mol. The lowest BCUT2D eigenvalue weighted by Crippen LogP contribution is -2.34. The van der Waals surface area contributed by atoms with Gasteiger partial charge in [0.25, 0.3) is 0 Å². The molecule has 0 radical (unpaired) electrons. The van der Waals surface area contributed by atoms with Gasteiger partial charge in [0.05, 0.1) is 0 Å². The molecule has 0 saturated heterocycles. The maximum absolute atomic E-state index is 11.7. The number of carbonyl (C=O) groups excluding carboxylic acids is 1. The summed E-state index contributed by atoms with van der Waals surface area (Å²) in [6, 6.07) is 18.5. The minimum Gasteiger partial charge on any atom is -0.336 e. The Morgan fingerprint density at radius 1 is 1.00 bits per heavy atom. The third-order valence-electron chi connectivity index (χ3n) is 2.74. The van der Waals surface area contributed by atoms with E-state index in [1.807, 2.05) is 60.7 Å². The Hall–Kier alpha value is -2.33. The summed E-state index contributed by atoms with van der Waals surface area (Å²) in [7, 11) is 0. The van der Waals surface area contributed by atoms with E-state index in [9.17, 15) is 4.79 Å². The van der Waals surface area contributed by atoms with Gasteiger partial charge in [0.15, 0.2) is 0 Å². The van der Waals surface area contributed by atoms with Gasteiger partial charge in [-0.1, -0.05) is 48.5 Å². The molecule has 0 aliphatic carbocycles. The Bertz CT molecular complexity index is 513. The number of hydrogen-bond acceptors (Lipinski definition) is 2. The average molecular weight is 255 g/mol. The lowest BCUT2D eigenvalue weighted by molar-refractivity contribution is 0.251. The third kappa shape index (κ3) is 4.12. The van der Waals surface area contributed by atoms with Gasteiger partial charge >= 0.3 is 6.03 Å². The minimum absolute atomic E-state index is 0.206. The second-order valence-electron chi connectivity index (χ2n) is 4.22. The molecule has 0 aliphatic rings. The zero-order valence-corrected chi connectivity index (χ0v) is 10.5. The van der Waals surface area contributed by atoms with Gasteiger partial charge in [-0.25, -0.2) is 4.79 Å². The average Bonchev–Trinajstić information content (AvgIpc) is 2.47. The summed E-state index contributed by atoms with van der Waals surface area (Å²) in [4.78, 5) is 11.7. The lowest BCUT2D eigenvalue weighted by Gasteiger charge is -2.13. The van der Waals surface area contributed by atoms with Gasteiger partial charge in [-0.05, 0) is 17.7 Å². The summed E-state index contributed by atoms with van der Waals surface area (Å²) in [6.45, 7) is 0.392. The van der Waals surface area contributed by atoms with Crippen LogP contribution in [0.2, 0.25) is 0 Å². The van der Waals surface area contributed by atoms with E-state index in [1.54, 1.807) is 0 Å². The van der Waals surface area contributed by atoms with Crippen molar-refractivity contribution < 1.29 is 4.79 Å². The van der Waals surface area contributed by atoms with E-state index >= 15 is 0 Å². The van der Waals surface area contributed by atoms with Gasteiger partial charge < -0.3 is 16.4 Å². The predicted octanol–water partition coefficient (Wildman–Crippen LogP) is 2.51. The molecule has 0 bridgehead atoms. The van der Waals surface area contributed by atoms with Gasteiger partial charge in [0.2, 0.25) is 0 Å². The molecule has 0 aliphatic heterocycles. The molecular formula is C15H17N3O. The summed E-state index contributed by atoms with van der Waals surface area (Å²) in [6.07, 6.45) is 0. The quantitative estimate of drug-likeness (QED) is 0.785. The number of anilines is 1. The summed E-state index contributed by atoms with van der Waals surface area (Å²) in [5.41, 5.74) is 7.75. The summed E-state index contributed by atoms with van der Waals surface area (Å²) >= 11 is 0. The molecule has 0 fully saturated rings. The van der Waals surface area contributed by atoms with Crippen LogP contribution in [0.4, 0.5) is 10.5 Å². The fourth-order valence-electron chi connectivity index (χ4n) is 1.72. The molecule has 98 valence electrons. The van der Waals surface area contributed by atoms with Crippen molar-refractivity contribution in [2.24, 2.45) is 5.73 Å². The van der Waals surface area contributed by atoms with Crippen LogP contribution in [0, 0.1) is 0 Å². The van der Waals surface area contributed by atoms with E-state index in [-0.39, 0.29) is 12.1 Å². The first-order valence-electron chi connectivity index (χ1n) is 6.16. The van der Waals surface area contributed by atoms with E-state index in [0.717, 1.165) is 11.3 Å². The topological polar surface area (TPSA) is 67.1 Å². The van der Waals surface area contributed by atoms with E-state index in [4.69, 9.17) is 5.73 Å². The first-order valence-corrected chi connectivity index (χ1v) is 6.16. The molecule has 0 heterocycles. The van der Waals surface area contributed by atoms with Crippen LogP contribution in [0.1, 0.15) is 11.6 Å². The molecule has 4 N–H and O–H groups in total. The van der Waals surface area contributed by atoms with Crippen LogP contribution in [-0.4, -0.2) is 12.6 Å². The molecule has 2 aromatic carbocycles. The molecule has 4 heteroatoms. The number of urea groups is 1. The van der Waals surface area contributed by atoms with Crippen molar-refractivity contribution in [3.05, 3.63) is 66.2 Å². The van der Waals surface area contributed by atoms with Crippen molar-refractivity contribution in [1.29, 1.82) is 0 Å². The number of nitrogens with one attached hydrogen (secondary N) is 2. The monoisotopic (exact) mass is 255 g/mol. The predicted molar refractivity (Wildman–Crippen MR) is 76.8 cm³/mol. The molecule has 2 rings (SSSR count). The second-order valence-corrected chi connectivity index (χ2v) is 4.22. The van der Waals surface area contributed by atoms with E-state index in [1.165, 1.54) is 0 Å². The number of hydrogen-bond donors (Lipinski definition) is 3. The normalized spacial score (nSPS) is 11.6. The fraction of sp³-hybridized carbons (Fsp3) is 0.133. The van der Waals surface area contributed by atoms with Crippen LogP contribution in [0.25, 0.3) is 0 Å². The van der Waals surface area contributed by atoms with Crippen LogP contribution in [0.5, 0.6) is 0 Å². The van der Waals surface area contributed by atoms with Crippen LogP contribution in [0.15, 0.2) is 60.7 Å². The minimum atomic E-state index is -0.252. The Balaban J connectivity index is 1.81. The fourth-order valence-corrected chi connectivity index (χ4v) is 1.72. The summed E-state index contributed by atoms with van der Waals surface area (Å²) < 4.78 is 0. The highest BCUT2D eigenvalue weighted by atomic mass is 16.2. The summed E-state index contributed by atoms with van der Waals surface area (Å²) in [5.74, 6) is 0. The number of para-hydroxylation sites is 1. The first-order chi connectivity index (χ1) is 9.25. The summed E-state index contributed by atoms with van der Waals surface area (Å²) in [5, 5.41) is 5.50. The molecule has 19 heavy (non-hydrogen) atoms. The standard InChI is InChI=1S/C15H17N3O/c16-14(12-7-3-1-4-8-12)11-17-15(19)18-13-9-5-2-6-10-13/h1-10,14H,11,16H2,(H2,17,18,19). The highest BCUT2D eigenvalue weighted by molar-refractivity contribution is 5.89. The van der Waals surface area contributed by atoms with Crippen molar-refractivity contribution >= 4 is 11.7 Å². The zero-order valence-electron chi connectivity index (χ0n) is 10.5. The second kappa shape index (κ2) is 6.56. The molecule has 0 saturated carbocycles. The maximum atomic E-state index is 11.7. The number of nitrogens with two attached hydrogens (primary N) is 1. The third-order valence-corrected chi connectivity index (χ3v) is 2.74. The van der Waals surface area contributed by atoms with Crippen molar-refractivity contribution in [2.75, 3.05) is 11.9 Å². The van der Waals surface area contributed by atoms with E-state index < -0.39 is 0 Å².